The predicted octanol–water partition coefficient (Wildman–Crippen LogP) is 2.20. The Bertz CT molecular complexity index is 930. The van der Waals surface area contributed by atoms with E-state index < -0.39 is 5.97 Å². The van der Waals surface area contributed by atoms with Crippen LogP contribution in [-0.4, -0.2) is 46.7 Å². The van der Waals surface area contributed by atoms with Crippen LogP contribution in [0.3, 0.4) is 0 Å². The molecule has 3 aromatic rings. The summed E-state index contributed by atoms with van der Waals surface area (Å²) in [7, 11) is 1.53. The number of aromatic nitrogens is 3. The lowest BCUT2D eigenvalue weighted by atomic mass is 10.2. The zero-order valence-electron chi connectivity index (χ0n) is 14.4. The monoisotopic (exact) mass is 384 g/mol. The van der Waals surface area contributed by atoms with E-state index in [1.807, 2.05) is 0 Å². The maximum atomic E-state index is 12.3. The largest absolute Gasteiger partial charge is 0.497 e. The molecule has 0 radical (unpaired) electrons. The first-order valence-electron chi connectivity index (χ1n) is 8.01. The smallest absolute Gasteiger partial charge is 0.352 e. The third-order valence-corrected chi connectivity index (χ3v) is 4.27. The number of methoxy groups -OCH3 is 1. The predicted molar refractivity (Wildman–Crippen MR) is 98.7 cm³/mol. The average molecular weight is 384 g/mol. The molecule has 0 aliphatic heterocycles. The van der Waals surface area contributed by atoms with Crippen LogP contribution in [-0.2, 0) is 4.74 Å². The first-order chi connectivity index (χ1) is 13.2. The van der Waals surface area contributed by atoms with E-state index in [9.17, 15) is 9.59 Å². The Labute approximate surface area is 159 Å². The summed E-state index contributed by atoms with van der Waals surface area (Å²) in [6, 6.07) is 10.3. The standard InChI is InChI=1S/C18H16N4O4S/c1-25-14-6-2-4-12(10-14)17(23)20-8-9-26-18(24)16-15(21-22-27-16)13-5-3-7-19-11-13/h2-7,10-11H,8-9H2,1H3,(H,20,23). The Balaban J connectivity index is 1.52. The molecule has 27 heavy (non-hydrogen) atoms. The van der Waals surface area contributed by atoms with E-state index in [2.05, 4.69) is 19.9 Å². The van der Waals surface area contributed by atoms with Gasteiger partial charge in [0.1, 0.15) is 18.1 Å². The number of esters is 1. The lowest BCUT2D eigenvalue weighted by Gasteiger charge is -2.07. The number of hydrogen-bond acceptors (Lipinski definition) is 8. The van der Waals surface area contributed by atoms with Crippen LogP contribution < -0.4 is 10.1 Å². The van der Waals surface area contributed by atoms with Gasteiger partial charge in [-0.3, -0.25) is 9.78 Å². The molecule has 9 heteroatoms. The summed E-state index contributed by atoms with van der Waals surface area (Å²) in [5.74, 6) is -0.227. The molecule has 3 rings (SSSR count). The van der Waals surface area contributed by atoms with E-state index in [4.69, 9.17) is 9.47 Å². The lowest BCUT2D eigenvalue weighted by Crippen LogP contribution is -2.28. The van der Waals surface area contributed by atoms with Gasteiger partial charge in [-0.1, -0.05) is 10.6 Å². The number of pyridine rings is 1. The minimum atomic E-state index is -0.542. The molecule has 2 heterocycles. The second kappa shape index (κ2) is 8.86. The van der Waals surface area contributed by atoms with Crippen molar-refractivity contribution in [3.63, 3.8) is 0 Å². The van der Waals surface area contributed by atoms with E-state index in [1.54, 1.807) is 48.8 Å². The molecule has 2 aromatic heterocycles. The van der Waals surface area contributed by atoms with Crippen molar-refractivity contribution in [3.05, 3.63) is 59.2 Å². The number of amides is 1. The zero-order chi connectivity index (χ0) is 19.1. The molecule has 0 saturated carbocycles. The third kappa shape index (κ3) is 4.64. The molecule has 138 valence electrons. The fraction of sp³-hybridized carbons (Fsp3) is 0.167. The van der Waals surface area contributed by atoms with Gasteiger partial charge in [-0.25, -0.2) is 4.79 Å². The highest BCUT2D eigenvalue weighted by Crippen LogP contribution is 2.23. The van der Waals surface area contributed by atoms with Crippen LogP contribution >= 0.6 is 11.5 Å². The van der Waals surface area contributed by atoms with Crippen LogP contribution in [0, 0.1) is 0 Å². The number of carbonyl (C=O) groups is 2. The van der Waals surface area contributed by atoms with Gasteiger partial charge in [0.25, 0.3) is 5.91 Å². The molecule has 0 aliphatic rings. The Morgan fingerprint density at radius 2 is 2.11 bits per heavy atom. The second-order valence-corrected chi connectivity index (χ2v) is 6.07. The first-order valence-corrected chi connectivity index (χ1v) is 8.78. The Hall–Kier alpha value is -3.33. The Kier molecular flexibility index (Phi) is 6.06. The summed E-state index contributed by atoms with van der Waals surface area (Å²) in [5.41, 5.74) is 1.58. The summed E-state index contributed by atoms with van der Waals surface area (Å²) in [6.45, 7) is 0.204. The molecule has 0 fully saturated rings. The van der Waals surface area contributed by atoms with Crippen molar-refractivity contribution in [2.75, 3.05) is 20.3 Å². The van der Waals surface area contributed by atoms with Crippen LogP contribution in [0.5, 0.6) is 5.75 Å². The van der Waals surface area contributed by atoms with Gasteiger partial charge in [0, 0.05) is 23.5 Å². The third-order valence-electron chi connectivity index (χ3n) is 3.56. The Morgan fingerprint density at radius 3 is 2.89 bits per heavy atom. The maximum absolute atomic E-state index is 12.3. The zero-order valence-corrected chi connectivity index (χ0v) is 15.2. The van der Waals surface area contributed by atoms with Gasteiger partial charge in [0.15, 0.2) is 4.88 Å². The maximum Gasteiger partial charge on any atom is 0.352 e. The number of nitrogens with zero attached hydrogens (tertiary/aromatic N) is 3. The van der Waals surface area contributed by atoms with Crippen molar-refractivity contribution >= 4 is 23.4 Å². The summed E-state index contributed by atoms with van der Waals surface area (Å²) in [5, 5.41) is 6.65. The number of nitrogens with one attached hydrogen (secondary N) is 1. The molecule has 0 aliphatic carbocycles. The van der Waals surface area contributed by atoms with E-state index in [0.29, 0.717) is 27.4 Å². The molecule has 1 amide bonds. The molecule has 0 saturated heterocycles. The highest BCUT2D eigenvalue weighted by molar-refractivity contribution is 7.08. The molecule has 8 nitrogen and oxygen atoms in total. The van der Waals surface area contributed by atoms with Gasteiger partial charge >= 0.3 is 5.97 Å². The van der Waals surface area contributed by atoms with Crippen molar-refractivity contribution in [1.29, 1.82) is 0 Å². The minimum absolute atomic E-state index is 0.0267. The van der Waals surface area contributed by atoms with Crippen molar-refractivity contribution in [3.8, 4) is 17.0 Å². The molecule has 1 aromatic carbocycles. The van der Waals surface area contributed by atoms with Gasteiger partial charge in [-0.2, -0.15) is 0 Å². The fourth-order valence-electron chi connectivity index (χ4n) is 2.26. The number of benzene rings is 1. The highest BCUT2D eigenvalue weighted by Gasteiger charge is 2.19. The van der Waals surface area contributed by atoms with Crippen molar-refractivity contribution in [2.45, 2.75) is 0 Å². The topological polar surface area (TPSA) is 103 Å². The normalized spacial score (nSPS) is 10.3. The molecular formula is C18H16N4O4S. The van der Waals surface area contributed by atoms with E-state index >= 15 is 0 Å². The van der Waals surface area contributed by atoms with Crippen molar-refractivity contribution < 1.29 is 19.1 Å². The van der Waals surface area contributed by atoms with Gasteiger partial charge in [0.2, 0.25) is 0 Å². The van der Waals surface area contributed by atoms with Crippen LogP contribution in [0.4, 0.5) is 0 Å². The van der Waals surface area contributed by atoms with Crippen LogP contribution in [0.1, 0.15) is 20.0 Å². The first kappa shape index (κ1) is 18.5. The van der Waals surface area contributed by atoms with E-state index in [1.165, 1.54) is 7.11 Å². The van der Waals surface area contributed by atoms with Crippen molar-refractivity contribution in [1.82, 2.24) is 19.9 Å². The van der Waals surface area contributed by atoms with Gasteiger partial charge in [-0.15, -0.1) is 5.10 Å². The van der Waals surface area contributed by atoms with E-state index in [0.717, 1.165) is 11.5 Å². The van der Waals surface area contributed by atoms with E-state index in [-0.39, 0.29) is 19.1 Å². The molecule has 0 atom stereocenters. The van der Waals surface area contributed by atoms with Crippen LogP contribution in [0.25, 0.3) is 11.3 Å². The second-order valence-electron chi connectivity index (χ2n) is 5.32. The quantitative estimate of drug-likeness (QED) is 0.492. The highest BCUT2D eigenvalue weighted by atomic mass is 32.1. The molecule has 0 spiro atoms. The summed E-state index contributed by atoms with van der Waals surface area (Å²) in [4.78, 5) is 28.6. The number of ether oxygens (including phenoxy) is 2. The summed E-state index contributed by atoms with van der Waals surface area (Å²) >= 11 is 0.953. The van der Waals surface area contributed by atoms with Gasteiger partial charge in [0.05, 0.1) is 13.7 Å². The van der Waals surface area contributed by atoms with Crippen molar-refractivity contribution in [2.24, 2.45) is 0 Å². The molecular weight excluding hydrogens is 368 g/mol. The Morgan fingerprint density at radius 1 is 1.22 bits per heavy atom. The molecule has 0 bridgehead atoms. The van der Waals surface area contributed by atoms with Gasteiger partial charge in [-0.05, 0) is 41.9 Å². The average Bonchev–Trinajstić information content (AvgIpc) is 3.21. The van der Waals surface area contributed by atoms with Gasteiger partial charge < -0.3 is 14.8 Å². The minimum Gasteiger partial charge on any atom is -0.497 e. The lowest BCUT2D eigenvalue weighted by molar-refractivity contribution is 0.0509. The number of carbonyl (C=O) groups excluding carboxylic acids is 2. The summed E-state index contributed by atoms with van der Waals surface area (Å²) in [6.07, 6.45) is 3.23. The number of hydrogen-bond donors (Lipinski definition) is 1. The SMILES string of the molecule is COc1cccc(C(=O)NCCOC(=O)c2snnc2-c2cccnc2)c1. The molecule has 1 N–H and O–H groups in total. The fourth-order valence-corrected chi connectivity index (χ4v) is 2.84. The number of rotatable bonds is 7. The van der Waals surface area contributed by atoms with Crippen LogP contribution in [0.2, 0.25) is 0 Å². The van der Waals surface area contributed by atoms with Crippen LogP contribution in [0.15, 0.2) is 48.8 Å². The molecule has 0 unspecified atom stereocenters. The summed E-state index contributed by atoms with van der Waals surface area (Å²) < 4.78 is 14.1.